The summed E-state index contributed by atoms with van der Waals surface area (Å²) in [4.78, 5) is 57.0. The van der Waals surface area contributed by atoms with E-state index in [4.69, 9.17) is 19.0 Å². The number of ether oxygens (including phenoxy) is 3. The average molecular weight is 980 g/mol. The fourth-order valence-corrected chi connectivity index (χ4v) is 12.3. The van der Waals surface area contributed by atoms with Gasteiger partial charge in [0.1, 0.15) is 27.1 Å². The highest BCUT2D eigenvalue weighted by molar-refractivity contribution is 7.86. The molecule has 3 amide bonds. The van der Waals surface area contributed by atoms with Crippen molar-refractivity contribution >= 4 is 74.2 Å². The van der Waals surface area contributed by atoms with E-state index >= 15 is 4.79 Å². The lowest BCUT2D eigenvalue weighted by molar-refractivity contribution is -0.462. The van der Waals surface area contributed by atoms with Gasteiger partial charge >= 0.3 is 5.97 Å². The number of anilines is 1. The molecule has 358 valence electrons. The average Bonchev–Trinajstić information content (AvgIpc) is 3.58. The van der Waals surface area contributed by atoms with E-state index in [2.05, 4.69) is 46.9 Å². The molecule has 2 heterocycles. The van der Waals surface area contributed by atoms with E-state index in [9.17, 15) is 40.3 Å². The lowest BCUT2D eigenvalue weighted by Gasteiger charge is -2.38. The fourth-order valence-electron chi connectivity index (χ4n) is 7.93. The molecule has 1 aliphatic carbocycles. The molecule has 0 bridgehead atoms. The molecule has 18 nitrogen and oxygen atoms in total. The van der Waals surface area contributed by atoms with Gasteiger partial charge < -0.3 is 28.8 Å². The third-order valence-corrected chi connectivity index (χ3v) is 16.8. The number of carbonyl (C=O) groups is 4. The number of fused-ring (bicyclic) bond motifs is 2. The van der Waals surface area contributed by atoms with E-state index in [1.54, 1.807) is 12.1 Å². The van der Waals surface area contributed by atoms with Crippen LogP contribution < -0.4 is 10.1 Å². The minimum atomic E-state index is -5.06. The van der Waals surface area contributed by atoms with Crippen LogP contribution in [0, 0.1) is 0 Å². The highest BCUT2D eigenvalue weighted by Gasteiger charge is 2.41. The molecule has 0 radical (unpaired) electrons. The molecule has 1 fully saturated rings. The normalized spacial score (nSPS) is 15.6. The summed E-state index contributed by atoms with van der Waals surface area (Å²) in [6, 6.07) is 16.2. The zero-order chi connectivity index (χ0) is 48.8. The van der Waals surface area contributed by atoms with Crippen molar-refractivity contribution < 1.29 is 68.7 Å². The third-order valence-electron chi connectivity index (χ3n) is 11.5. The van der Waals surface area contributed by atoms with Crippen molar-refractivity contribution in [3.8, 4) is 0 Å². The number of amides is 3. The Morgan fingerprint density at radius 1 is 0.791 bits per heavy atom. The van der Waals surface area contributed by atoms with Gasteiger partial charge in [-0.1, -0.05) is 43.4 Å². The second kappa shape index (κ2) is 21.1. The number of hydrogen-bond acceptors (Lipinski definition) is 13. The summed E-state index contributed by atoms with van der Waals surface area (Å²) in [5.41, 5.74) is 5.68. The third kappa shape index (κ3) is 11.9. The van der Waals surface area contributed by atoms with Crippen LogP contribution in [0.2, 0.25) is 13.1 Å². The second-order valence-electron chi connectivity index (χ2n) is 16.9. The second-order valence-corrected chi connectivity index (χ2v) is 24.0. The number of allylic oxidation sites excluding steroid dienone is 5. The standard InChI is InChI=1S/C46H54N4O14S2Si/c1-47(2)32-12-15-37-40(27-32)67(5,6)41-28-33(48(3)4)13-16-38(41)45(37)35-9-7-8-10-36(35)46(54)49(30-31-11-14-34(65(55,56)57)29-39(31)66(58,59)60)20-22-62-24-26-63-25-23-61-21-19-44(53)64-50-42(51)17-18-43(50)52/h7-16,27-29H,17-26,30H2,1-6H3,(H-,55,56,57,58,59,60)/p+1. The Hall–Kier alpha value is -5.65. The molecule has 0 aromatic heterocycles. The maximum atomic E-state index is 15.1. The van der Waals surface area contributed by atoms with Crippen LogP contribution in [0.25, 0.3) is 5.57 Å². The molecular formula is C46H55N4O14S2Si+. The summed E-state index contributed by atoms with van der Waals surface area (Å²) in [5, 5.41) is 2.84. The van der Waals surface area contributed by atoms with Gasteiger partial charge in [-0.25, -0.2) is 9.37 Å². The van der Waals surface area contributed by atoms with Crippen LogP contribution in [0.3, 0.4) is 0 Å². The predicted octanol–water partition coefficient (Wildman–Crippen LogP) is 3.41. The maximum Gasteiger partial charge on any atom is 0.335 e. The lowest BCUT2D eigenvalue weighted by atomic mass is 9.87. The molecule has 0 saturated carbocycles. The molecule has 67 heavy (non-hydrogen) atoms. The Balaban J connectivity index is 1.23. The molecular weight excluding hydrogens is 925 g/mol. The molecule has 2 aliphatic heterocycles. The number of benzene rings is 3. The van der Waals surface area contributed by atoms with Gasteiger partial charge in [0.05, 0.1) is 51.0 Å². The van der Waals surface area contributed by atoms with Crippen molar-refractivity contribution in [2.75, 3.05) is 79.3 Å². The summed E-state index contributed by atoms with van der Waals surface area (Å²) < 4.78 is 88.1. The topological polar surface area (TPSA) is 227 Å². The monoisotopic (exact) mass is 979 g/mol. The summed E-state index contributed by atoms with van der Waals surface area (Å²) in [7, 11) is -4.34. The van der Waals surface area contributed by atoms with E-state index in [1.807, 2.05) is 52.5 Å². The first-order valence-corrected chi connectivity index (χ1v) is 27.3. The quantitative estimate of drug-likeness (QED) is 0.0544. The number of hydroxylamine groups is 2. The minimum Gasteiger partial charge on any atom is -0.378 e. The van der Waals surface area contributed by atoms with Crippen LogP contribution in [0.5, 0.6) is 0 Å². The maximum absolute atomic E-state index is 15.1. The number of imide groups is 1. The smallest absolute Gasteiger partial charge is 0.335 e. The summed E-state index contributed by atoms with van der Waals surface area (Å²) in [6.07, 6.45) is 6.15. The molecule has 3 aromatic carbocycles. The van der Waals surface area contributed by atoms with Gasteiger partial charge in [0, 0.05) is 63.4 Å². The van der Waals surface area contributed by atoms with Crippen molar-refractivity contribution in [3.63, 3.8) is 0 Å². The Kier molecular flexibility index (Phi) is 16.0. The predicted molar refractivity (Wildman–Crippen MR) is 250 cm³/mol. The Morgan fingerprint density at radius 2 is 1.43 bits per heavy atom. The molecule has 0 spiro atoms. The minimum absolute atomic E-state index is 0.00920. The number of nitrogens with zero attached hydrogens (tertiary/aromatic N) is 4. The fraction of sp³-hybridized carbons (Fsp3) is 0.370. The SMILES string of the molecule is CN(C)c1ccc2c(c1)[Si](C)(C)C1=CC(=[N+](C)C)C=CC1=C2c1ccccc1C(=O)N(CCOCCOCCOCCC(=O)ON1C(=O)CCC1=O)Cc1ccc(S(=O)(=O)O)cc1S(=O)(=O)O. The van der Waals surface area contributed by atoms with E-state index in [0.29, 0.717) is 22.3 Å². The van der Waals surface area contributed by atoms with E-state index < -0.39 is 68.3 Å². The largest absolute Gasteiger partial charge is 0.378 e. The van der Waals surface area contributed by atoms with Crippen LogP contribution in [0.1, 0.15) is 46.3 Å². The van der Waals surface area contributed by atoms with Crippen LogP contribution in [-0.4, -0.2) is 152 Å². The number of rotatable bonds is 20. The Labute approximate surface area is 391 Å². The molecule has 6 rings (SSSR count). The van der Waals surface area contributed by atoms with Crippen LogP contribution in [0.15, 0.2) is 99.5 Å². The van der Waals surface area contributed by atoms with E-state index in [0.717, 1.165) is 40.2 Å². The molecule has 0 unspecified atom stereocenters. The molecule has 0 atom stereocenters. The lowest BCUT2D eigenvalue weighted by Crippen LogP contribution is -2.50. The van der Waals surface area contributed by atoms with Crippen LogP contribution in [-0.2, 0) is 60.2 Å². The number of carbonyl (C=O) groups excluding carboxylic acids is 4. The summed E-state index contributed by atoms with van der Waals surface area (Å²) >= 11 is 0. The first-order chi connectivity index (χ1) is 31.6. The Morgan fingerprint density at radius 3 is 2.06 bits per heavy atom. The van der Waals surface area contributed by atoms with Crippen LogP contribution >= 0.6 is 0 Å². The highest BCUT2D eigenvalue weighted by Crippen LogP contribution is 2.43. The van der Waals surface area contributed by atoms with Crippen molar-refractivity contribution in [2.45, 2.75) is 48.7 Å². The van der Waals surface area contributed by atoms with E-state index in [-0.39, 0.29) is 71.0 Å². The van der Waals surface area contributed by atoms with Gasteiger partial charge in [-0.2, -0.15) is 16.8 Å². The molecule has 3 aliphatic rings. The first-order valence-electron chi connectivity index (χ1n) is 21.4. The highest BCUT2D eigenvalue weighted by atomic mass is 32.2. The molecule has 2 N–H and O–H groups in total. The molecule has 21 heteroatoms. The Bertz CT molecular complexity index is 2800. The van der Waals surface area contributed by atoms with Crippen molar-refractivity contribution in [1.29, 1.82) is 0 Å². The van der Waals surface area contributed by atoms with Gasteiger partial charge in [0.2, 0.25) is 0 Å². The van der Waals surface area contributed by atoms with Gasteiger partial charge in [0.15, 0.2) is 5.71 Å². The zero-order valence-electron chi connectivity index (χ0n) is 38.2. The molecule has 1 saturated heterocycles. The van der Waals surface area contributed by atoms with Gasteiger partial charge in [-0.05, 0) is 74.6 Å². The van der Waals surface area contributed by atoms with E-state index in [1.165, 1.54) is 15.3 Å². The van der Waals surface area contributed by atoms with Crippen molar-refractivity contribution in [1.82, 2.24) is 9.96 Å². The van der Waals surface area contributed by atoms with Gasteiger partial charge in [-0.3, -0.25) is 23.5 Å². The summed E-state index contributed by atoms with van der Waals surface area (Å²) in [6.45, 7) is 4.49. The van der Waals surface area contributed by atoms with Gasteiger partial charge in [-0.15, -0.1) is 5.06 Å². The van der Waals surface area contributed by atoms with Gasteiger partial charge in [0.25, 0.3) is 38.0 Å². The van der Waals surface area contributed by atoms with Crippen molar-refractivity contribution in [3.05, 3.63) is 112 Å². The van der Waals surface area contributed by atoms with Crippen LogP contribution in [0.4, 0.5) is 5.69 Å². The molecule has 3 aromatic rings. The van der Waals surface area contributed by atoms with Crippen molar-refractivity contribution in [2.24, 2.45) is 0 Å². The number of hydrogen-bond donors (Lipinski definition) is 2. The first kappa shape index (κ1) is 50.8. The summed E-state index contributed by atoms with van der Waals surface area (Å²) in [5.74, 6) is -2.45. The zero-order valence-corrected chi connectivity index (χ0v) is 40.8.